The maximum absolute atomic E-state index is 11.2. The second kappa shape index (κ2) is 2.64. The van der Waals surface area contributed by atoms with Gasteiger partial charge in [0.15, 0.2) is 0 Å². The van der Waals surface area contributed by atoms with Crippen molar-refractivity contribution in [3.63, 3.8) is 0 Å². The molecule has 0 aliphatic carbocycles. The third-order valence-corrected chi connectivity index (χ3v) is 2.75. The topological polar surface area (TPSA) is 32.3 Å². The highest BCUT2D eigenvalue weighted by atomic mass is 35.5. The number of halogens is 1. The number of hydrogen-bond acceptors (Lipinski definition) is 2. The molecular weight excluding hydrogens is 164 g/mol. The highest BCUT2D eigenvalue weighted by Gasteiger charge is 2.37. The molecule has 11 heavy (non-hydrogen) atoms. The summed E-state index contributed by atoms with van der Waals surface area (Å²) in [5, 5.41) is 2.94. The number of hydrogen-bond donors (Lipinski definition) is 1. The van der Waals surface area contributed by atoms with E-state index in [4.69, 9.17) is 11.6 Å². The maximum atomic E-state index is 11.2. The van der Waals surface area contributed by atoms with Crippen molar-refractivity contribution in [2.24, 2.45) is 0 Å². The summed E-state index contributed by atoms with van der Waals surface area (Å²) >= 11 is 5.66. The first-order valence-electron chi connectivity index (χ1n) is 3.91. The summed E-state index contributed by atoms with van der Waals surface area (Å²) in [6, 6.07) is 0.317. The predicted octanol–water partition coefficient (Wildman–Crippen LogP) is -0.202. The van der Waals surface area contributed by atoms with Crippen LogP contribution in [0.2, 0.25) is 0 Å². The Kier molecular flexibility index (Phi) is 1.77. The van der Waals surface area contributed by atoms with E-state index in [1.807, 2.05) is 0 Å². The van der Waals surface area contributed by atoms with Crippen LogP contribution in [0, 0.1) is 0 Å². The second-order valence-corrected chi connectivity index (χ2v) is 3.47. The van der Waals surface area contributed by atoms with Gasteiger partial charge >= 0.3 is 0 Å². The number of carbonyl (C=O) groups is 1. The van der Waals surface area contributed by atoms with Gasteiger partial charge in [-0.05, 0) is 6.42 Å². The standard InChI is InChI=1S/C7H11ClN2O/c8-3-6-7(11)9-5-1-2-10(6)4-5/h5-6H,1-4H2,(H,9,11). The lowest BCUT2D eigenvalue weighted by molar-refractivity contribution is -0.127. The number of fused-ring (bicyclic) bond motifs is 2. The second-order valence-electron chi connectivity index (χ2n) is 3.16. The Morgan fingerprint density at radius 2 is 2.55 bits per heavy atom. The van der Waals surface area contributed by atoms with Gasteiger partial charge in [-0.15, -0.1) is 11.6 Å². The zero-order valence-electron chi connectivity index (χ0n) is 6.22. The van der Waals surface area contributed by atoms with Crippen LogP contribution >= 0.6 is 11.6 Å². The maximum Gasteiger partial charge on any atom is 0.238 e. The smallest absolute Gasteiger partial charge is 0.238 e. The largest absolute Gasteiger partial charge is 0.351 e. The third kappa shape index (κ3) is 1.12. The molecule has 1 N–H and O–H groups in total. The normalized spacial score (nSPS) is 42.3. The van der Waals surface area contributed by atoms with Gasteiger partial charge in [0.05, 0.1) is 0 Å². The molecule has 0 aromatic carbocycles. The van der Waals surface area contributed by atoms with Crippen molar-refractivity contribution in [3.05, 3.63) is 0 Å². The first-order valence-corrected chi connectivity index (χ1v) is 4.45. The van der Waals surface area contributed by atoms with Crippen LogP contribution in [0.4, 0.5) is 0 Å². The number of carbonyl (C=O) groups excluding carboxylic acids is 1. The number of nitrogens with zero attached hydrogens (tertiary/aromatic N) is 1. The lowest BCUT2D eigenvalue weighted by Crippen LogP contribution is -2.55. The van der Waals surface area contributed by atoms with Gasteiger partial charge in [0.2, 0.25) is 5.91 Å². The van der Waals surface area contributed by atoms with Crippen molar-refractivity contribution in [1.82, 2.24) is 10.2 Å². The van der Waals surface area contributed by atoms with Crippen LogP contribution < -0.4 is 5.32 Å². The summed E-state index contributed by atoms with van der Waals surface area (Å²) in [4.78, 5) is 13.4. The summed E-state index contributed by atoms with van der Waals surface area (Å²) in [7, 11) is 0. The van der Waals surface area contributed by atoms with E-state index < -0.39 is 0 Å². The zero-order valence-corrected chi connectivity index (χ0v) is 6.97. The lowest BCUT2D eigenvalue weighted by Gasteiger charge is -2.30. The molecule has 3 unspecified atom stereocenters. The highest BCUT2D eigenvalue weighted by molar-refractivity contribution is 6.20. The molecule has 0 radical (unpaired) electrons. The van der Waals surface area contributed by atoms with Gasteiger partial charge in [-0.2, -0.15) is 0 Å². The van der Waals surface area contributed by atoms with Crippen LogP contribution in [-0.4, -0.2) is 41.9 Å². The average Bonchev–Trinajstić information content (AvgIpc) is 2.34. The van der Waals surface area contributed by atoms with Crippen molar-refractivity contribution in [1.29, 1.82) is 0 Å². The Hall–Kier alpha value is -0.280. The van der Waals surface area contributed by atoms with E-state index in [0.29, 0.717) is 11.9 Å². The molecule has 0 aromatic rings. The van der Waals surface area contributed by atoms with E-state index in [-0.39, 0.29) is 11.9 Å². The molecule has 2 fully saturated rings. The molecule has 62 valence electrons. The Labute approximate surface area is 70.7 Å². The number of piperazine rings is 1. The molecule has 0 spiro atoms. The molecular formula is C7H11ClN2O. The number of nitrogens with one attached hydrogen (secondary N) is 1. The zero-order chi connectivity index (χ0) is 7.84. The van der Waals surface area contributed by atoms with E-state index in [0.717, 1.165) is 19.5 Å². The quantitative estimate of drug-likeness (QED) is 0.559. The van der Waals surface area contributed by atoms with Crippen molar-refractivity contribution in [3.8, 4) is 0 Å². The fraction of sp³-hybridized carbons (Fsp3) is 0.857. The first kappa shape index (κ1) is 7.37. The fourth-order valence-electron chi connectivity index (χ4n) is 1.82. The van der Waals surface area contributed by atoms with Gasteiger partial charge in [-0.25, -0.2) is 0 Å². The van der Waals surface area contributed by atoms with Crippen LogP contribution in [0.5, 0.6) is 0 Å². The molecule has 2 rings (SSSR count). The molecule has 2 heterocycles. The monoisotopic (exact) mass is 174 g/mol. The van der Waals surface area contributed by atoms with Gasteiger partial charge in [0.25, 0.3) is 0 Å². The predicted molar refractivity (Wildman–Crippen MR) is 42.6 cm³/mol. The summed E-state index contributed by atoms with van der Waals surface area (Å²) in [6.07, 6.45) is 1.08. The average molecular weight is 175 g/mol. The third-order valence-electron chi connectivity index (χ3n) is 2.46. The van der Waals surface area contributed by atoms with E-state index in [1.165, 1.54) is 0 Å². The molecule has 3 atom stereocenters. The lowest BCUT2D eigenvalue weighted by atomic mass is 10.2. The SMILES string of the molecule is O=C1NC2CCN(C2)C1CCl. The highest BCUT2D eigenvalue weighted by Crippen LogP contribution is 2.18. The molecule has 2 aliphatic heterocycles. The molecule has 3 nitrogen and oxygen atoms in total. The van der Waals surface area contributed by atoms with Gasteiger partial charge in [0.1, 0.15) is 6.04 Å². The van der Waals surface area contributed by atoms with Crippen LogP contribution in [0.25, 0.3) is 0 Å². The van der Waals surface area contributed by atoms with Crippen LogP contribution in [-0.2, 0) is 4.79 Å². The Morgan fingerprint density at radius 3 is 3.27 bits per heavy atom. The Bertz CT molecular complexity index is 185. The Balaban J connectivity index is 2.13. The molecule has 0 aromatic heterocycles. The summed E-state index contributed by atoms with van der Waals surface area (Å²) in [5.41, 5.74) is 0. The van der Waals surface area contributed by atoms with Gasteiger partial charge in [0, 0.05) is 25.0 Å². The summed E-state index contributed by atoms with van der Waals surface area (Å²) < 4.78 is 0. The van der Waals surface area contributed by atoms with Crippen LogP contribution in [0.1, 0.15) is 6.42 Å². The van der Waals surface area contributed by atoms with Gasteiger partial charge in [-0.3, -0.25) is 9.69 Å². The van der Waals surface area contributed by atoms with E-state index in [9.17, 15) is 4.79 Å². The van der Waals surface area contributed by atoms with Crippen LogP contribution in [0.15, 0.2) is 0 Å². The van der Waals surface area contributed by atoms with Crippen molar-refractivity contribution < 1.29 is 4.79 Å². The molecule has 1 amide bonds. The van der Waals surface area contributed by atoms with E-state index in [1.54, 1.807) is 0 Å². The molecule has 4 heteroatoms. The minimum Gasteiger partial charge on any atom is -0.351 e. The Morgan fingerprint density at radius 1 is 1.73 bits per heavy atom. The molecule has 0 saturated carbocycles. The number of amides is 1. The summed E-state index contributed by atoms with van der Waals surface area (Å²) in [5.74, 6) is 0.521. The first-order chi connectivity index (χ1) is 5.31. The van der Waals surface area contributed by atoms with Crippen LogP contribution in [0.3, 0.4) is 0 Å². The van der Waals surface area contributed by atoms with E-state index >= 15 is 0 Å². The van der Waals surface area contributed by atoms with Crippen molar-refractivity contribution in [2.75, 3.05) is 19.0 Å². The van der Waals surface area contributed by atoms with Crippen molar-refractivity contribution in [2.45, 2.75) is 18.5 Å². The van der Waals surface area contributed by atoms with Gasteiger partial charge in [-0.1, -0.05) is 0 Å². The number of alkyl halides is 1. The molecule has 2 aliphatic rings. The van der Waals surface area contributed by atoms with E-state index in [2.05, 4.69) is 10.2 Å². The molecule has 2 bridgehead atoms. The fourth-order valence-corrected chi connectivity index (χ4v) is 2.15. The number of rotatable bonds is 1. The minimum atomic E-state index is -0.0737. The molecule has 2 saturated heterocycles. The minimum absolute atomic E-state index is 0.0737. The summed E-state index contributed by atoms with van der Waals surface area (Å²) in [6.45, 7) is 2.00. The van der Waals surface area contributed by atoms with Crippen molar-refractivity contribution >= 4 is 17.5 Å². The van der Waals surface area contributed by atoms with Gasteiger partial charge < -0.3 is 5.32 Å².